The van der Waals surface area contributed by atoms with Crippen molar-refractivity contribution >= 4 is 90.0 Å². The molecule has 3 heterocycles. The Hall–Kier alpha value is -7.44. The average Bonchev–Trinajstić information content (AvgIpc) is 3.51. The second-order valence-corrected chi connectivity index (χ2v) is 14.7. The number of hydrogen-bond acceptors (Lipinski definition) is 7. The number of imide groups is 1. The number of carbonyl (C=O) groups excluding carboxylic acids is 2. The molecule has 2 N–H and O–H groups in total. The predicted molar refractivity (Wildman–Crippen MR) is 233 cm³/mol. The number of amides is 2. The third-order valence-electron chi connectivity index (χ3n) is 9.73. The molecule has 11 nitrogen and oxygen atoms in total. The lowest BCUT2D eigenvalue weighted by Crippen LogP contribution is -2.40. The highest BCUT2D eigenvalue weighted by atomic mass is 79.9. The van der Waals surface area contributed by atoms with E-state index in [1.807, 2.05) is 78.9 Å². The van der Waals surface area contributed by atoms with Crippen LogP contribution in [-0.4, -0.2) is 31.3 Å². The number of aromatic nitrogens is 3. The molecule has 6 aromatic carbocycles. The molecule has 0 saturated carbocycles. The maximum Gasteiger partial charge on any atom is 0.270 e. The number of para-hydroxylation sites is 1. The molecule has 0 saturated heterocycles. The number of fused-ring (bicyclic) bond motifs is 2. The van der Waals surface area contributed by atoms with Crippen LogP contribution < -0.4 is 26.3 Å². The molecule has 8 aromatic rings. The van der Waals surface area contributed by atoms with Crippen molar-refractivity contribution in [3.8, 4) is 0 Å². The van der Waals surface area contributed by atoms with Crippen molar-refractivity contribution in [3.05, 3.63) is 198 Å². The van der Waals surface area contributed by atoms with Crippen LogP contribution in [0.4, 0.5) is 17.1 Å². The monoisotopic (exact) mass is 828 g/mol. The van der Waals surface area contributed by atoms with E-state index in [0.29, 0.717) is 56.7 Å². The number of aromatic amines is 1. The third-order valence-corrected chi connectivity index (χ3v) is 10.2. The van der Waals surface area contributed by atoms with Crippen LogP contribution in [0.15, 0.2) is 149 Å². The van der Waals surface area contributed by atoms with Gasteiger partial charge in [0.15, 0.2) is 0 Å². The molecule has 9 rings (SSSR count). The Kier molecular flexibility index (Phi) is 9.85. The van der Waals surface area contributed by atoms with Gasteiger partial charge in [-0.25, -0.2) is 9.88 Å². The van der Waals surface area contributed by atoms with Crippen molar-refractivity contribution in [2.24, 2.45) is 0 Å². The van der Waals surface area contributed by atoms with Crippen LogP contribution in [0.2, 0.25) is 0 Å². The minimum atomic E-state index is -0.593. The van der Waals surface area contributed by atoms with Crippen LogP contribution in [0, 0.1) is 10.1 Å². The van der Waals surface area contributed by atoms with E-state index in [1.54, 1.807) is 54.0 Å². The first-order valence-corrected chi connectivity index (χ1v) is 18.9. The van der Waals surface area contributed by atoms with Crippen molar-refractivity contribution in [1.82, 2.24) is 14.5 Å². The van der Waals surface area contributed by atoms with E-state index in [2.05, 4.69) is 39.4 Å². The molecule has 0 unspecified atom stereocenters. The number of halogens is 1. The van der Waals surface area contributed by atoms with E-state index < -0.39 is 16.7 Å². The highest BCUT2D eigenvalue weighted by molar-refractivity contribution is 9.10. The molecule has 0 bridgehead atoms. The van der Waals surface area contributed by atoms with Gasteiger partial charge in [-0.2, -0.15) is 0 Å². The van der Waals surface area contributed by atoms with Gasteiger partial charge in [0.05, 0.1) is 33.6 Å². The van der Waals surface area contributed by atoms with Crippen LogP contribution in [-0.2, 0) is 6.54 Å². The number of rotatable bonds is 7. The first-order chi connectivity index (χ1) is 28.0. The van der Waals surface area contributed by atoms with E-state index >= 15 is 0 Å². The Balaban J connectivity index is 0.000000162. The van der Waals surface area contributed by atoms with E-state index in [0.717, 1.165) is 36.4 Å². The quantitative estimate of drug-likeness (QED) is 0.0933. The van der Waals surface area contributed by atoms with Gasteiger partial charge in [0.1, 0.15) is 5.82 Å². The lowest BCUT2D eigenvalue weighted by Gasteiger charge is -2.27. The summed E-state index contributed by atoms with van der Waals surface area (Å²) in [6.07, 6.45) is 1.95. The molecule has 1 aliphatic rings. The van der Waals surface area contributed by atoms with Crippen molar-refractivity contribution < 1.29 is 14.5 Å². The Morgan fingerprint density at radius 1 is 0.862 bits per heavy atom. The predicted octanol–water partition coefficient (Wildman–Crippen LogP) is 8.42. The minimum Gasteiger partial charge on any atom is -0.360 e. The summed E-state index contributed by atoms with van der Waals surface area (Å²) in [7, 11) is 0. The summed E-state index contributed by atoms with van der Waals surface area (Å²) in [4.78, 5) is 59.6. The number of H-pyrrole nitrogens is 1. The summed E-state index contributed by atoms with van der Waals surface area (Å²) in [6, 6.07) is 37.8. The number of non-ortho nitro benzene ring substituents is 1. The molecule has 1 aliphatic heterocycles. The number of nitro groups is 1. The summed E-state index contributed by atoms with van der Waals surface area (Å²) < 4.78 is 2.71. The van der Waals surface area contributed by atoms with Gasteiger partial charge in [-0.15, -0.1) is 0 Å². The summed E-state index contributed by atoms with van der Waals surface area (Å²) in [5.41, 5.74) is 4.70. The molecule has 2 amide bonds. The van der Waals surface area contributed by atoms with Gasteiger partial charge >= 0.3 is 0 Å². The van der Waals surface area contributed by atoms with Crippen LogP contribution in [0.25, 0.3) is 45.2 Å². The van der Waals surface area contributed by atoms with E-state index in [-0.39, 0.29) is 16.8 Å². The second-order valence-electron chi connectivity index (χ2n) is 13.8. The van der Waals surface area contributed by atoms with Gasteiger partial charge in [0.2, 0.25) is 0 Å². The van der Waals surface area contributed by atoms with E-state index in [4.69, 9.17) is 4.98 Å². The topological polar surface area (TPSA) is 143 Å². The van der Waals surface area contributed by atoms with Gasteiger partial charge in [-0.05, 0) is 78.5 Å². The van der Waals surface area contributed by atoms with E-state index in [9.17, 15) is 24.5 Å². The van der Waals surface area contributed by atoms with Crippen molar-refractivity contribution in [2.45, 2.75) is 13.5 Å². The molecule has 2 aromatic heterocycles. The Morgan fingerprint density at radius 2 is 1.60 bits per heavy atom. The zero-order valence-electron chi connectivity index (χ0n) is 31.0. The summed E-state index contributed by atoms with van der Waals surface area (Å²) in [5.74, 6) is -0.456. The van der Waals surface area contributed by atoms with Gasteiger partial charge in [-0.3, -0.25) is 29.1 Å². The number of carbonyl (C=O) groups is 2. The molecule has 284 valence electrons. The molecule has 0 fully saturated rings. The molecule has 58 heavy (non-hydrogen) atoms. The van der Waals surface area contributed by atoms with Gasteiger partial charge in [-0.1, -0.05) is 89.8 Å². The van der Waals surface area contributed by atoms with Gasteiger partial charge in [0.25, 0.3) is 23.1 Å². The number of allylic oxidation sites excluding steroid dienone is 1. The fourth-order valence-electron chi connectivity index (χ4n) is 7.15. The number of benzene rings is 6. The normalized spacial score (nSPS) is 12.5. The first kappa shape index (κ1) is 37.5. The van der Waals surface area contributed by atoms with Crippen molar-refractivity contribution in [2.75, 3.05) is 10.2 Å². The zero-order chi connectivity index (χ0) is 40.7. The fourth-order valence-corrected chi connectivity index (χ4v) is 7.51. The Bertz CT molecular complexity index is 3190. The molecule has 0 spiro atoms. The lowest BCUT2D eigenvalue weighted by molar-refractivity contribution is -0.384. The van der Waals surface area contributed by atoms with Crippen LogP contribution >= 0.6 is 15.9 Å². The Morgan fingerprint density at radius 3 is 2.38 bits per heavy atom. The average molecular weight is 830 g/mol. The summed E-state index contributed by atoms with van der Waals surface area (Å²) in [6.45, 7) is 10.2. The number of nitro benzene ring substituents is 1. The highest BCUT2D eigenvalue weighted by Gasteiger charge is 2.35. The van der Waals surface area contributed by atoms with Crippen LogP contribution in [0.5, 0.6) is 0 Å². The SMILES string of the molecule is C=C(C)Nc1cccc(N2C(=O)c3cccc4cc([N+](=O)[O-])cc(c34)C2=O)c1.C=c1[nH]c2ccc(Br)cc2/c1=C\c1nc2ccccc2c(=O)n1Cc1ccccc1. The summed E-state index contributed by atoms with van der Waals surface area (Å²) in [5, 5.41) is 18.6. The molecule has 0 atom stereocenters. The maximum absolute atomic E-state index is 13.4. The van der Waals surface area contributed by atoms with Crippen molar-refractivity contribution in [3.63, 3.8) is 0 Å². The number of nitrogens with zero attached hydrogens (tertiary/aromatic N) is 4. The van der Waals surface area contributed by atoms with Crippen molar-refractivity contribution in [1.29, 1.82) is 0 Å². The smallest absolute Gasteiger partial charge is 0.270 e. The first-order valence-electron chi connectivity index (χ1n) is 18.1. The third kappa shape index (κ3) is 7.08. The zero-order valence-corrected chi connectivity index (χ0v) is 32.6. The Labute approximate surface area is 339 Å². The summed E-state index contributed by atoms with van der Waals surface area (Å²) >= 11 is 3.55. The van der Waals surface area contributed by atoms with Gasteiger partial charge in [0, 0.05) is 60.4 Å². The minimum absolute atomic E-state index is 0.0534. The number of hydrogen-bond donors (Lipinski definition) is 2. The van der Waals surface area contributed by atoms with Crippen LogP contribution in [0.1, 0.15) is 39.0 Å². The standard InChI is InChI=1S/C25H18BrN3O.C21H15N3O4/c1-16-20(21-13-18(26)11-12-23(21)27-16)14-24-28-22-10-6-5-9-19(22)25(30)29(24)15-17-7-3-2-4-8-17;1-12(2)22-14-6-4-7-15(10-14)23-20(25)17-8-3-5-13-9-16(24(27)28)11-18(19(13)17)21(23)26/h2-14,27H,1,15H2;3-11,22H,1H2,2H3/b20-14-;. The largest absolute Gasteiger partial charge is 0.360 e. The van der Waals surface area contributed by atoms with Crippen LogP contribution in [0.3, 0.4) is 0 Å². The molecule has 12 heteroatoms. The molecule has 0 radical (unpaired) electrons. The number of anilines is 2. The molecular weight excluding hydrogens is 796 g/mol. The van der Waals surface area contributed by atoms with E-state index in [1.165, 1.54) is 12.1 Å². The molecule has 0 aliphatic carbocycles. The fraction of sp³-hybridized carbons (Fsp3) is 0.0435. The number of nitrogens with one attached hydrogen (secondary N) is 2. The highest BCUT2D eigenvalue weighted by Crippen LogP contribution is 2.36. The molecular formula is C46H33BrN6O5. The lowest BCUT2D eigenvalue weighted by atomic mass is 9.93. The maximum atomic E-state index is 13.4. The van der Waals surface area contributed by atoms with Gasteiger partial charge < -0.3 is 10.3 Å². The second kappa shape index (κ2) is 15.2.